The minimum atomic E-state index is -1.33. The van der Waals surface area contributed by atoms with E-state index in [0.717, 1.165) is 5.56 Å². The predicted molar refractivity (Wildman–Crippen MR) is 130 cm³/mol. The van der Waals surface area contributed by atoms with Gasteiger partial charge < -0.3 is 14.8 Å². The van der Waals surface area contributed by atoms with E-state index in [4.69, 9.17) is 21.1 Å². The Hall–Kier alpha value is -3.10. The lowest BCUT2D eigenvalue weighted by molar-refractivity contribution is -0.142. The van der Waals surface area contributed by atoms with E-state index in [1.165, 1.54) is 4.90 Å². The van der Waals surface area contributed by atoms with Crippen LogP contribution in [-0.4, -0.2) is 49.4 Å². The number of rotatable bonds is 6. The van der Waals surface area contributed by atoms with Crippen molar-refractivity contribution in [2.45, 2.75) is 31.8 Å². The van der Waals surface area contributed by atoms with Gasteiger partial charge in [-0.25, -0.2) is 0 Å². The summed E-state index contributed by atoms with van der Waals surface area (Å²) in [6.07, 6.45) is 0.457. The van der Waals surface area contributed by atoms with Crippen LogP contribution in [0.3, 0.4) is 0 Å². The summed E-state index contributed by atoms with van der Waals surface area (Å²) in [4.78, 5) is 42.2. The molecule has 2 fully saturated rings. The van der Waals surface area contributed by atoms with E-state index in [9.17, 15) is 14.4 Å². The number of carbonyl (C=O) groups excluding carboxylic acids is 3. The van der Waals surface area contributed by atoms with Crippen LogP contribution in [0.25, 0.3) is 0 Å². The van der Waals surface area contributed by atoms with Gasteiger partial charge in [-0.3, -0.25) is 24.6 Å². The first-order valence-corrected chi connectivity index (χ1v) is 12.1. The minimum absolute atomic E-state index is 0.0282. The molecule has 0 unspecified atom stereocenters. The molecule has 2 saturated heterocycles. The third kappa shape index (κ3) is 3.34. The number of anilines is 1. The van der Waals surface area contributed by atoms with Gasteiger partial charge in [-0.2, -0.15) is 0 Å². The highest BCUT2D eigenvalue weighted by molar-refractivity contribution is 6.35. The fourth-order valence-corrected chi connectivity index (χ4v) is 6.08. The van der Waals surface area contributed by atoms with Gasteiger partial charge >= 0.3 is 0 Å². The zero-order chi connectivity index (χ0) is 25.1. The summed E-state index contributed by atoms with van der Waals surface area (Å²) in [5, 5.41) is 6.68. The lowest BCUT2D eigenvalue weighted by atomic mass is 9.76. The molecule has 184 valence electrons. The Morgan fingerprint density at radius 1 is 1.06 bits per heavy atom. The molecule has 4 atom stereocenters. The summed E-state index contributed by atoms with van der Waals surface area (Å²) in [5.74, 6) is -1.18. The quantitative estimate of drug-likeness (QED) is 0.596. The molecule has 0 radical (unpaired) electrons. The molecule has 3 aliphatic rings. The summed E-state index contributed by atoms with van der Waals surface area (Å²) in [5.41, 5.74) is 0.698. The first-order chi connectivity index (χ1) is 16.7. The zero-order valence-electron chi connectivity index (χ0n) is 20.1. The van der Waals surface area contributed by atoms with Crippen molar-refractivity contribution in [2.24, 2.45) is 17.8 Å². The Labute approximate surface area is 208 Å². The van der Waals surface area contributed by atoms with Crippen LogP contribution in [0.5, 0.6) is 11.5 Å². The predicted octanol–water partition coefficient (Wildman–Crippen LogP) is 2.98. The van der Waals surface area contributed by atoms with Crippen LogP contribution in [0.15, 0.2) is 36.4 Å². The van der Waals surface area contributed by atoms with E-state index in [-0.39, 0.29) is 36.2 Å². The molecular weight excluding hydrogens is 470 g/mol. The molecule has 2 aromatic rings. The second kappa shape index (κ2) is 8.53. The van der Waals surface area contributed by atoms with E-state index in [2.05, 4.69) is 10.6 Å². The molecule has 5 rings (SSSR count). The van der Waals surface area contributed by atoms with Gasteiger partial charge in [-0.15, -0.1) is 0 Å². The van der Waals surface area contributed by atoms with Crippen LogP contribution in [0.4, 0.5) is 5.69 Å². The van der Waals surface area contributed by atoms with E-state index in [1.807, 2.05) is 26.0 Å². The van der Waals surface area contributed by atoms with Crippen LogP contribution in [0.1, 0.15) is 25.0 Å². The monoisotopic (exact) mass is 497 g/mol. The lowest BCUT2D eigenvalue weighted by Crippen LogP contribution is -2.54. The molecular formula is C26H28ClN3O5. The highest BCUT2D eigenvalue weighted by Crippen LogP contribution is 2.55. The van der Waals surface area contributed by atoms with Crippen molar-refractivity contribution in [3.8, 4) is 11.5 Å². The van der Waals surface area contributed by atoms with Gasteiger partial charge in [0, 0.05) is 18.2 Å². The summed E-state index contributed by atoms with van der Waals surface area (Å²) < 4.78 is 10.7. The topological polar surface area (TPSA) is 97.0 Å². The average Bonchev–Trinajstić information content (AvgIpc) is 3.43. The number of nitrogens with one attached hydrogen (secondary N) is 2. The molecule has 3 amide bonds. The molecule has 35 heavy (non-hydrogen) atoms. The Kier molecular flexibility index (Phi) is 5.76. The summed E-state index contributed by atoms with van der Waals surface area (Å²) in [7, 11) is 3.13. The van der Waals surface area contributed by atoms with Gasteiger partial charge in [-0.1, -0.05) is 43.6 Å². The van der Waals surface area contributed by atoms with Gasteiger partial charge in [0.05, 0.1) is 36.8 Å². The number of ether oxygens (including phenoxy) is 2. The molecule has 0 bridgehead atoms. The van der Waals surface area contributed by atoms with E-state index < -0.39 is 17.4 Å². The fourth-order valence-electron chi connectivity index (χ4n) is 5.86. The number of likely N-dealkylation sites (tertiary alicyclic amines) is 1. The van der Waals surface area contributed by atoms with Crippen molar-refractivity contribution in [2.75, 3.05) is 26.1 Å². The third-order valence-corrected chi connectivity index (χ3v) is 7.83. The first-order valence-electron chi connectivity index (χ1n) is 11.7. The molecule has 3 aliphatic heterocycles. The number of nitrogens with zero attached hydrogens (tertiary/aromatic N) is 1. The number of carbonyl (C=O) groups is 3. The van der Waals surface area contributed by atoms with Gasteiger partial charge in [0.15, 0.2) is 11.5 Å². The van der Waals surface area contributed by atoms with Gasteiger partial charge in [0.2, 0.25) is 17.7 Å². The minimum Gasteiger partial charge on any atom is -0.493 e. The fraction of sp³-hybridized carbons (Fsp3) is 0.423. The second-order valence-electron chi connectivity index (χ2n) is 9.61. The van der Waals surface area contributed by atoms with Crippen molar-refractivity contribution < 1.29 is 23.9 Å². The summed E-state index contributed by atoms with van der Waals surface area (Å²) >= 11 is 6.37. The SMILES string of the molecule is COc1ccc(CCN2C(=O)[C@H]3[C@@H](C2=O)[C@@]2(N[C@H]3C(C)C)C(=O)Nc3c(Cl)cccc32)cc1OC. The Balaban J connectivity index is 1.49. The summed E-state index contributed by atoms with van der Waals surface area (Å²) in [6, 6.07) is 10.5. The van der Waals surface area contributed by atoms with E-state index in [0.29, 0.717) is 34.2 Å². The van der Waals surface area contributed by atoms with Crippen LogP contribution in [0, 0.1) is 17.8 Å². The van der Waals surface area contributed by atoms with E-state index >= 15 is 0 Å². The third-order valence-electron chi connectivity index (χ3n) is 7.52. The second-order valence-corrected chi connectivity index (χ2v) is 10.0. The number of benzene rings is 2. The molecule has 2 N–H and O–H groups in total. The normalized spacial score (nSPS) is 27.0. The smallest absolute Gasteiger partial charge is 0.250 e. The van der Waals surface area contributed by atoms with Gasteiger partial charge in [0.1, 0.15) is 5.54 Å². The molecule has 3 heterocycles. The first kappa shape index (κ1) is 23.6. The van der Waals surface area contributed by atoms with Crippen LogP contribution in [-0.2, 0) is 26.3 Å². The maximum Gasteiger partial charge on any atom is 0.250 e. The number of hydrogen-bond acceptors (Lipinski definition) is 6. The molecule has 0 aromatic heterocycles. The maximum atomic E-state index is 13.8. The van der Waals surface area contributed by atoms with Crippen LogP contribution in [0.2, 0.25) is 5.02 Å². The number of hydrogen-bond donors (Lipinski definition) is 2. The number of amides is 3. The number of imide groups is 1. The molecule has 9 heteroatoms. The zero-order valence-corrected chi connectivity index (χ0v) is 20.8. The number of methoxy groups -OCH3 is 2. The largest absolute Gasteiger partial charge is 0.493 e. The molecule has 8 nitrogen and oxygen atoms in total. The molecule has 0 saturated carbocycles. The number of fused-ring (bicyclic) bond motifs is 4. The lowest BCUT2D eigenvalue weighted by Gasteiger charge is -2.30. The molecule has 2 aromatic carbocycles. The maximum absolute atomic E-state index is 13.8. The van der Waals surface area contributed by atoms with Gasteiger partial charge in [-0.05, 0) is 36.1 Å². The molecule has 1 spiro atoms. The van der Waals surface area contributed by atoms with Gasteiger partial charge in [0.25, 0.3) is 0 Å². The van der Waals surface area contributed by atoms with Crippen molar-refractivity contribution in [1.29, 1.82) is 0 Å². The van der Waals surface area contributed by atoms with Crippen molar-refractivity contribution >= 4 is 35.0 Å². The standard InChI is InChI=1S/C26H28ClN3O5/c1-13(2)21-19-20(26(29-21)15-6-5-7-16(27)22(15)28-25(26)33)24(32)30(23(19)31)11-10-14-8-9-17(34-3)18(12-14)35-4/h5-9,12-13,19-21,29H,10-11H2,1-4H3,(H,28,33)/t19-,20-,21-,26+/m0/s1. The van der Waals surface area contributed by atoms with Crippen LogP contribution >= 0.6 is 11.6 Å². The Morgan fingerprint density at radius 2 is 1.80 bits per heavy atom. The van der Waals surface area contributed by atoms with Crippen molar-refractivity contribution in [3.05, 3.63) is 52.5 Å². The Morgan fingerprint density at radius 3 is 2.49 bits per heavy atom. The average molecular weight is 498 g/mol. The highest BCUT2D eigenvalue weighted by Gasteiger charge is 2.70. The highest BCUT2D eigenvalue weighted by atomic mass is 35.5. The van der Waals surface area contributed by atoms with E-state index in [1.54, 1.807) is 38.5 Å². The molecule has 0 aliphatic carbocycles. The van der Waals surface area contributed by atoms with Crippen LogP contribution < -0.4 is 20.1 Å². The van der Waals surface area contributed by atoms with Crippen molar-refractivity contribution in [3.63, 3.8) is 0 Å². The number of halogens is 1. The number of para-hydroxylation sites is 1. The Bertz CT molecular complexity index is 1230. The van der Waals surface area contributed by atoms with Crippen molar-refractivity contribution in [1.82, 2.24) is 10.2 Å². The summed E-state index contributed by atoms with van der Waals surface area (Å²) in [6.45, 7) is 4.19.